The molecule has 0 atom stereocenters. The van der Waals surface area contributed by atoms with Crippen molar-refractivity contribution in [1.82, 2.24) is 0 Å². The smallest absolute Gasteiger partial charge is 0.169 e. The van der Waals surface area contributed by atoms with Crippen LogP contribution in [-0.2, 0) is 6.54 Å². The van der Waals surface area contributed by atoms with Crippen molar-refractivity contribution in [2.24, 2.45) is 5.73 Å². The molecule has 2 N–H and O–H groups in total. The second-order valence-corrected chi connectivity index (χ2v) is 2.58. The lowest BCUT2D eigenvalue weighted by Gasteiger charge is -1.88. The van der Waals surface area contributed by atoms with Gasteiger partial charge in [-0.25, -0.2) is 4.39 Å². The summed E-state index contributed by atoms with van der Waals surface area (Å²) in [6, 6.07) is 6.55. The highest BCUT2D eigenvalue weighted by Crippen LogP contribution is 2.21. The third-order valence-corrected chi connectivity index (χ3v) is 1.75. The van der Waals surface area contributed by atoms with Crippen molar-refractivity contribution in [3.8, 4) is 0 Å². The summed E-state index contributed by atoms with van der Waals surface area (Å²) < 4.78 is 18.1. The first-order valence-electron chi connectivity index (χ1n) is 3.68. The van der Waals surface area contributed by atoms with Crippen molar-refractivity contribution >= 4 is 11.0 Å². The predicted molar refractivity (Wildman–Crippen MR) is 44.1 cm³/mol. The van der Waals surface area contributed by atoms with Gasteiger partial charge in [0.25, 0.3) is 0 Å². The van der Waals surface area contributed by atoms with E-state index >= 15 is 0 Å². The molecule has 12 heavy (non-hydrogen) atoms. The van der Waals surface area contributed by atoms with Crippen molar-refractivity contribution in [1.29, 1.82) is 0 Å². The van der Waals surface area contributed by atoms with Crippen LogP contribution in [0.4, 0.5) is 4.39 Å². The van der Waals surface area contributed by atoms with Gasteiger partial charge in [-0.2, -0.15) is 0 Å². The molecule has 2 nitrogen and oxygen atoms in total. The fourth-order valence-electron chi connectivity index (χ4n) is 1.18. The Morgan fingerprint density at radius 2 is 2.25 bits per heavy atom. The Hall–Kier alpha value is -1.35. The molecular formula is C9H8FNO. The Morgan fingerprint density at radius 3 is 2.92 bits per heavy atom. The number of fused-ring (bicyclic) bond motifs is 1. The van der Waals surface area contributed by atoms with Crippen LogP contribution in [0.3, 0.4) is 0 Å². The molecule has 0 saturated carbocycles. The van der Waals surface area contributed by atoms with E-state index < -0.39 is 0 Å². The molecule has 3 heteroatoms. The van der Waals surface area contributed by atoms with E-state index in [2.05, 4.69) is 0 Å². The molecule has 2 aromatic rings. The van der Waals surface area contributed by atoms with E-state index in [0.29, 0.717) is 12.3 Å². The number of furan rings is 1. The quantitative estimate of drug-likeness (QED) is 0.702. The van der Waals surface area contributed by atoms with Crippen LogP contribution in [0, 0.1) is 5.82 Å². The normalized spacial score (nSPS) is 10.8. The number of nitrogens with two attached hydrogens (primary N) is 1. The summed E-state index contributed by atoms with van der Waals surface area (Å²) in [4.78, 5) is 0. The highest BCUT2D eigenvalue weighted by Gasteiger charge is 2.05. The van der Waals surface area contributed by atoms with Crippen LogP contribution >= 0.6 is 0 Å². The first-order valence-corrected chi connectivity index (χ1v) is 3.68. The molecule has 2 rings (SSSR count). The van der Waals surface area contributed by atoms with Gasteiger partial charge in [0.05, 0.1) is 6.54 Å². The summed E-state index contributed by atoms with van der Waals surface area (Å²) in [6.45, 7) is 0.300. The Labute approximate surface area is 68.8 Å². The van der Waals surface area contributed by atoms with E-state index in [1.807, 2.05) is 0 Å². The Balaban J connectivity index is 2.74. The van der Waals surface area contributed by atoms with E-state index in [9.17, 15) is 4.39 Å². The average molecular weight is 165 g/mol. The van der Waals surface area contributed by atoms with E-state index in [1.54, 1.807) is 18.2 Å². The van der Waals surface area contributed by atoms with Crippen molar-refractivity contribution in [2.75, 3.05) is 0 Å². The van der Waals surface area contributed by atoms with Gasteiger partial charge in [-0.15, -0.1) is 0 Å². The lowest BCUT2D eigenvalue weighted by atomic mass is 10.2. The molecular weight excluding hydrogens is 157 g/mol. The van der Waals surface area contributed by atoms with Gasteiger partial charge in [0.2, 0.25) is 0 Å². The second kappa shape index (κ2) is 2.60. The van der Waals surface area contributed by atoms with Crippen LogP contribution in [0.15, 0.2) is 28.7 Å². The van der Waals surface area contributed by atoms with E-state index in [1.165, 1.54) is 6.07 Å². The zero-order chi connectivity index (χ0) is 8.55. The van der Waals surface area contributed by atoms with Gasteiger partial charge in [-0.1, -0.05) is 12.1 Å². The highest BCUT2D eigenvalue weighted by atomic mass is 19.1. The number of halogens is 1. The molecule has 0 saturated heterocycles. The topological polar surface area (TPSA) is 39.2 Å². The van der Waals surface area contributed by atoms with Gasteiger partial charge < -0.3 is 10.2 Å². The van der Waals surface area contributed by atoms with Crippen LogP contribution < -0.4 is 5.73 Å². The number of para-hydroxylation sites is 1. The Kier molecular flexibility index (Phi) is 1.59. The maximum absolute atomic E-state index is 13.0. The molecule has 1 aromatic heterocycles. The molecule has 1 heterocycles. The summed E-state index contributed by atoms with van der Waals surface area (Å²) in [6.07, 6.45) is 0. The molecule has 0 amide bonds. The molecule has 1 aromatic carbocycles. The van der Waals surface area contributed by atoms with Gasteiger partial charge in [-0.3, -0.25) is 0 Å². The average Bonchev–Trinajstić information content (AvgIpc) is 2.49. The molecule has 0 radical (unpaired) electrons. The van der Waals surface area contributed by atoms with Gasteiger partial charge in [-0.05, 0) is 12.1 Å². The van der Waals surface area contributed by atoms with Crippen LogP contribution in [-0.4, -0.2) is 0 Å². The molecule has 0 aliphatic carbocycles. The van der Waals surface area contributed by atoms with Crippen LogP contribution in [0.1, 0.15) is 5.76 Å². The largest absolute Gasteiger partial charge is 0.457 e. The van der Waals surface area contributed by atoms with E-state index in [-0.39, 0.29) is 11.4 Å². The molecule has 0 aliphatic heterocycles. The van der Waals surface area contributed by atoms with Gasteiger partial charge in [0.1, 0.15) is 5.76 Å². The SMILES string of the molecule is NCc1cc2cccc(F)c2o1. The van der Waals surface area contributed by atoms with E-state index in [0.717, 1.165) is 5.39 Å². The van der Waals surface area contributed by atoms with Crippen LogP contribution in [0.25, 0.3) is 11.0 Å². The number of hydrogen-bond acceptors (Lipinski definition) is 2. The number of hydrogen-bond donors (Lipinski definition) is 1. The molecule has 0 unspecified atom stereocenters. The monoisotopic (exact) mass is 165 g/mol. The first-order chi connectivity index (χ1) is 5.81. The summed E-state index contributed by atoms with van der Waals surface area (Å²) in [5.41, 5.74) is 5.64. The standard InChI is InChI=1S/C9H8FNO/c10-8-3-1-2-6-4-7(5-11)12-9(6)8/h1-4H,5,11H2. The fraction of sp³-hybridized carbons (Fsp3) is 0.111. The minimum atomic E-state index is -0.341. The van der Waals surface area contributed by atoms with Crippen molar-refractivity contribution in [3.05, 3.63) is 35.8 Å². The lowest BCUT2D eigenvalue weighted by Crippen LogP contribution is -1.92. The zero-order valence-corrected chi connectivity index (χ0v) is 6.38. The van der Waals surface area contributed by atoms with Gasteiger partial charge in [0.15, 0.2) is 11.4 Å². The zero-order valence-electron chi connectivity index (χ0n) is 6.38. The maximum atomic E-state index is 13.0. The molecule has 0 spiro atoms. The summed E-state index contributed by atoms with van der Waals surface area (Å²) in [5.74, 6) is 0.266. The Bertz CT molecular complexity index is 408. The maximum Gasteiger partial charge on any atom is 0.169 e. The fourth-order valence-corrected chi connectivity index (χ4v) is 1.18. The number of benzene rings is 1. The molecule has 62 valence electrons. The summed E-state index contributed by atoms with van der Waals surface area (Å²) >= 11 is 0. The van der Waals surface area contributed by atoms with E-state index in [4.69, 9.17) is 10.2 Å². The van der Waals surface area contributed by atoms with Crippen molar-refractivity contribution < 1.29 is 8.81 Å². The first kappa shape index (κ1) is 7.31. The predicted octanol–water partition coefficient (Wildman–Crippen LogP) is 2.03. The molecule has 0 fully saturated rings. The van der Waals surface area contributed by atoms with Crippen molar-refractivity contribution in [3.63, 3.8) is 0 Å². The summed E-state index contributed by atoms with van der Waals surface area (Å²) in [5, 5.41) is 0.760. The molecule has 0 aliphatic rings. The minimum Gasteiger partial charge on any atom is -0.457 e. The third-order valence-electron chi connectivity index (χ3n) is 1.75. The van der Waals surface area contributed by atoms with Gasteiger partial charge >= 0.3 is 0 Å². The third kappa shape index (κ3) is 0.987. The van der Waals surface area contributed by atoms with Crippen LogP contribution in [0.5, 0.6) is 0 Å². The number of rotatable bonds is 1. The van der Waals surface area contributed by atoms with Crippen molar-refractivity contribution in [2.45, 2.75) is 6.54 Å². The highest BCUT2D eigenvalue weighted by molar-refractivity contribution is 5.78. The lowest BCUT2D eigenvalue weighted by molar-refractivity contribution is 0.521. The van der Waals surface area contributed by atoms with Crippen LogP contribution in [0.2, 0.25) is 0 Å². The van der Waals surface area contributed by atoms with Gasteiger partial charge in [0, 0.05) is 5.39 Å². The molecule has 0 bridgehead atoms. The minimum absolute atomic E-state index is 0.290. The second-order valence-electron chi connectivity index (χ2n) is 2.58. The Morgan fingerprint density at radius 1 is 1.42 bits per heavy atom. The summed E-state index contributed by atoms with van der Waals surface area (Å²) in [7, 11) is 0.